The number of piperazine rings is 1. The molecule has 2 atom stereocenters. The number of hydrogen-bond donors (Lipinski definition) is 1. The van der Waals surface area contributed by atoms with Crippen molar-refractivity contribution in [1.82, 2.24) is 9.62 Å². The maximum Gasteiger partial charge on any atom is 0.247 e. The van der Waals surface area contributed by atoms with E-state index in [4.69, 9.17) is 21.1 Å². The SMILES string of the molecule is COCC(C)Oc1ccc(Cl)cc1S(=O)(=O)N1CCNCC1C. The summed E-state index contributed by atoms with van der Waals surface area (Å²) in [6, 6.07) is 4.53. The van der Waals surface area contributed by atoms with Crippen molar-refractivity contribution in [2.24, 2.45) is 0 Å². The fourth-order valence-corrected chi connectivity index (χ4v) is 4.59. The number of benzene rings is 1. The fourth-order valence-electron chi connectivity index (χ4n) is 2.57. The second-order valence-corrected chi connectivity index (χ2v) is 7.94. The number of rotatable bonds is 6. The van der Waals surface area contributed by atoms with Crippen LogP contribution in [0.3, 0.4) is 0 Å². The van der Waals surface area contributed by atoms with E-state index in [1.165, 1.54) is 10.4 Å². The second-order valence-electron chi connectivity index (χ2n) is 5.64. The molecule has 0 aliphatic carbocycles. The van der Waals surface area contributed by atoms with Crippen molar-refractivity contribution in [3.8, 4) is 5.75 Å². The Morgan fingerprint density at radius 1 is 1.48 bits per heavy atom. The number of ether oxygens (including phenoxy) is 2. The van der Waals surface area contributed by atoms with Gasteiger partial charge in [-0.15, -0.1) is 0 Å². The minimum absolute atomic E-state index is 0.0988. The number of nitrogens with zero attached hydrogens (tertiary/aromatic N) is 1. The molecule has 23 heavy (non-hydrogen) atoms. The Balaban J connectivity index is 2.38. The highest BCUT2D eigenvalue weighted by Crippen LogP contribution is 2.31. The predicted octanol–water partition coefficient (Wildman–Crippen LogP) is 1.74. The van der Waals surface area contributed by atoms with Gasteiger partial charge in [0, 0.05) is 37.8 Å². The molecule has 0 spiro atoms. The Hall–Kier alpha value is -0.860. The molecule has 0 bridgehead atoms. The van der Waals surface area contributed by atoms with Gasteiger partial charge in [-0.05, 0) is 32.0 Å². The molecule has 1 aromatic carbocycles. The first-order valence-corrected chi connectivity index (χ1v) is 9.35. The minimum Gasteiger partial charge on any atom is -0.487 e. The summed E-state index contributed by atoms with van der Waals surface area (Å²) in [7, 11) is -2.11. The second kappa shape index (κ2) is 7.81. The van der Waals surface area contributed by atoms with Crippen LogP contribution in [0.15, 0.2) is 23.1 Å². The molecule has 1 saturated heterocycles. The average molecular weight is 363 g/mol. The minimum atomic E-state index is -3.68. The summed E-state index contributed by atoms with van der Waals surface area (Å²) in [4.78, 5) is 0.0988. The van der Waals surface area contributed by atoms with Gasteiger partial charge in [-0.3, -0.25) is 0 Å². The molecule has 2 unspecified atom stereocenters. The quantitative estimate of drug-likeness (QED) is 0.834. The van der Waals surface area contributed by atoms with Gasteiger partial charge in [0.1, 0.15) is 16.7 Å². The summed E-state index contributed by atoms with van der Waals surface area (Å²) < 4.78 is 38.4. The molecule has 1 heterocycles. The summed E-state index contributed by atoms with van der Waals surface area (Å²) in [6.07, 6.45) is -0.268. The molecular weight excluding hydrogens is 340 g/mol. The molecule has 1 N–H and O–H groups in total. The summed E-state index contributed by atoms with van der Waals surface area (Å²) in [5.74, 6) is 0.296. The van der Waals surface area contributed by atoms with Crippen molar-refractivity contribution in [2.45, 2.75) is 30.9 Å². The molecule has 0 saturated carbocycles. The van der Waals surface area contributed by atoms with Crippen LogP contribution in [0.4, 0.5) is 0 Å². The number of sulfonamides is 1. The lowest BCUT2D eigenvalue weighted by Crippen LogP contribution is -2.52. The van der Waals surface area contributed by atoms with Gasteiger partial charge in [0.2, 0.25) is 10.0 Å². The van der Waals surface area contributed by atoms with Gasteiger partial charge in [-0.2, -0.15) is 4.31 Å². The monoisotopic (exact) mass is 362 g/mol. The molecule has 1 aromatic rings. The van der Waals surface area contributed by atoms with Gasteiger partial charge in [-0.25, -0.2) is 8.42 Å². The van der Waals surface area contributed by atoms with Gasteiger partial charge in [0.05, 0.1) is 6.61 Å². The van der Waals surface area contributed by atoms with E-state index in [1.807, 2.05) is 13.8 Å². The Morgan fingerprint density at radius 2 is 2.22 bits per heavy atom. The van der Waals surface area contributed by atoms with Crippen LogP contribution >= 0.6 is 11.6 Å². The molecule has 2 rings (SSSR count). The van der Waals surface area contributed by atoms with E-state index in [0.29, 0.717) is 37.0 Å². The molecule has 1 fully saturated rings. The Labute approximate surface area is 142 Å². The third kappa shape index (κ3) is 4.36. The van der Waals surface area contributed by atoms with Crippen molar-refractivity contribution >= 4 is 21.6 Å². The zero-order valence-electron chi connectivity index (χ0n) is 13.6. The number of halogens is 1. The van der Waals surface area contributed by atoms with Gasteiger partial charge < -0.3 is 14.8 Å². The van der Waals surface area contributed by atoms with Crippen LogP contribution < -0.4 is 10.1 Å². The van der Waals surface area contributed by atoms with Gasteiger partial charge in [-0.1, -0.05) is 11.6 Å². The van der Waals surface area contributed by atoms with Crippen LogP contribution in [0.2, 0.25) is 5.02 Å². The molecule has 0 aromatic heterocycles. The molecule has 8 heteroatoms. The van der Waals surface area contributed by atoms with Crippen LogP contribution in [0.25, 0.3) is 0 Å². The van der Waals surface area contributed by atoms with Gasteiger partial charge in [0.15, 0.2) is 0 Å². The van der Waals surface area contributed by atoms with Crippen molar-refractivity contribution in [3.63, 3.8) is 0 Å². The fraction of sp³-hybridized carbons (Fsp3) is 0.600. The summed E-state index contributed by atoms with van der Waals surface area (Å²) in [5.41, 5.74) is 0. The lowest BCUT2D eigenvalue weighted by Gasteiger charge is -2.33. The average Bonchev–Trinajstić information content (AvgIpc) is 2.49. The van der Waals surface area contributed by atoms with E-state index >= 15 is 0 Å². The smallest absolute Gasteiger partial charge is 0.247 e. The van der Waals surface area contributed by atoms with E-state index in [-0.39, 0.29) is 17.0 Å². The number of methoxy groups -OCH3 is 1. The number of hydrogen-bond acceptors (Lipinski definition) is 5. The van der Waals surface area contributed by atoms with Gasteiger partial charge >= 0.3 is 0 Å². The van der Waals surface area contributed by atoms with Gasteiger partial charge in [0.25, 0.3) is 0 Å². The van der Waals surface area contributed by atoms with Crippen molar-refractivity contribution in [3.05, 3.63) is 23.2 Å². The van der Waals surface area contributed by atoms with Crippen molar-refractivity contribution in [1.29, 1.82) is 0 Å². The zero-order valence-corrected chi connectivity index (χ0v) is 15.2. The Bertz CT molecular complexity index is 638. The predicted molar refractivity (Wildman–Crippen MR) is 89.6 cm³/mol. The number of nitrogens with one attached hydrogen (secondary N) is 1. The lowest BCUT2D eigenvalue weighted by atomic mass is 10.3. The van der Waals surface area contributed by atoms with E-state index in [2.05, 4.69) is 5.32 Å². The molecule has 130 valence electrons. The van der Waals surface area contributed by atoms with Crippen molar-refractivity contribution in [2.75, 3.05) is 33.4 Å². The normalized spacial score (nSPS) is 21.1. The molecule has 0 radical (unpaired) electrons. The highest BCUT2D eigenvalue weighted by Gasteiger charge is 2.33. The molecule has 0 amide bonds. The molecule has 6 nitrogen and oxygen atoms in total. The maximum atomic E-state index is 13.0. The van der Waals surface area contributed by atoms with E-state index < -0.39 is 10.0 Å². The largest absolute Gasteiger partial charge is 0.487 e. The zero-order chi connectivity index (χ0) is 17.0. The van der Waals surface area contributed by atoms with Crippen LogP contribution in [0.1, 0.15) is 13.8 Å². The first kappa shape index (κ1) is 18.5. The highest BCUT2D eigenvalue weighted by atomic mass is 35.5. The first-order chi connectivity index (χ1) is 10.9. The Kier molecular flexibility index (Phi) is 6.27. The van der Waals surface area contributed by atoms with E-state index in [9.17, 15) is 8.42 Å². The Morgan fingerprint density at radius 3 is 2.87 bits per heavy atom. The first-order valence-electron chi connectivity index (χ1n) is 7.54. The topological polar surface area (TPSA) is 67.9 Å². The van der Waals surface area contributed by atoms with Crippen LogP contribution in [-0.4, -0.2) is 58.2 Å². The maximum absolute atomic E-state index is 13.0. The standard InChI is InChI=1S/C15H23ClN2O4S/c1-11-9-17-6-7-18(11)23(19,20)15-8-13(16)4-5-14(15)22-12(2)10-21-3/h4-5,8,11-12,17H,6-7,9-10H2,1-3H3. The summed E-state index contributed by atoms with van der Waals surface area (Å²) in [5, 5.41) is 3.54. The van der Waals surface area contributed by atoms with E-state index in [0.717, 1.165) is 0 Å². The molecular formula is C15H23ClN2O4S. The summed E-state index contributed by atoms with van der Waals surface area (Å²) >= 11 is 6.02. The van der Waals surface area contributed by atoms with Crippen LogP contribution in [-0.2, 0) is 14.8 Å². The highest BCUT2D eigenvalue weighted by molar-refractivity contribution is 7.89. The molecule has 1 aliphatic rings. The van der Waals surface area contributed by atoms with E-state index in [1.54, 1.807) is 19.2 Å². The summed E-state index contributed by atoms with van der Waals surface area (Å²) in [6.45, 7) is 5.73. The third-order valence-corrected chi connectivity index (χ3v) is 5.93. The van der Waals surface area contributed by atoms with Crippen LogP contribution in [0.5, 0.6) is 5.75 Å². The third-order valence-electron chi connectivity index (χ3n) is 3.66. The van der Waals surface area contributed by atoms with Crippen LogP contribution in [0, 0.1) is 0 Å². The molecule has 1 aliphatic heterocycles. The lowest BCUT2D eigenvalue weighted by molar-refractivity contribution is 0.0899. The van der Waals surface area contributed by atoms with Crippen molar-refractivity contribution < 1.29 is 17.9 Å².